The van der Waals surface area contributed by atoms with Crippen LogP contribution in [0, 0.1) is 6.92 Å². The normalized spacial score (nSPS) is 11.7. The SMILES string of the molecule is Cc1ccc(S(=O)(=O)Nc2ccccc2NC(=O)c2ccc(C(F)(F)F)cc2)cc1. The maximum Gasteiger partial charge on any atom is 0.416 e. The molecule has 5 nitrogen and oxygen atoms in total. The second kappa shape index (κ2) is 8.19. The van der Waals surface area contributed by atoms with Crippen molar-refractivity contribution in [2.75, 3.05) is 10.0 Å². The minimum atomic E-state index is -4.50. The van der Waals surface area contributed by atoms with E-state index in [1.165, 1.54) is 24.3 Å². The van der Waals surface area contributed by atoms with Crippen molar-refractivity contribution >= 4 is 27.3 Å². The molecule has 0 unspecified atom stereocenters. The zero-order valence-electron chi connectivity index (χ0n) is 15.7. The van der Waals surface area contributed by atoms with Gasteiger partial charge in [0.25, 0.3) is 15.9 Å². The molecule has 0 heterocycles. The number of amides is 1. The summed E-state index contributed by atoms with van der Waals surface area (Å²) in [6.45, 7) is 1.83. The van der Waals surface area contributed by atoms with Crippen LogP contribution in [-0.4, -0.2) is 14.3 Å². The summed E-state index contributed by atoms with van der Waals surface area (Å²) in [6.07, 6.45) is -4.50. The molecule has 0 fully saturated rings. The number of hydrogen-bond donors (Lipinski definition) is 2. The molecule has 3 aromatic carbocycles. The number of para-hydroxylation sites is 2. The van der Waals surface area contributed by atoms with E-state index >= 15 is 0 Å². The van der Waals surface area contributed by atoms with E-state index in [9.17, 15) is 26.4 Å². The van der Waals surface area contributed by atoms with E-state index in [0.29, 0.717) is 0 Å². The topological polar surface area (TPSA) is 75.3 Å². The van der Waals surface area contributed by atoms with Gasteiger partial charge in [0.2, 0.25) is 0 Å². The molecule has 3 rings (SSSR count). The highest BCUT2D eigenvalue weighted by Gasteiger charge is 2.30. The smallest absolute Gasteiger partial charge is 0.320 e. The van der Waals surface area contributed by atoms with E-state index in [-0.39, 0.29) is 21.8 Å². The van der Waals surface area contributed by atoms with E-state index in [1.54, 1.807) is 24.3 Å². The van der Waals surface area contributed by atoms with Crippen LogP contribution in [0.3, 0.4) is 0 Å². The molecule has 30 heavy (non-hydrogen) atoms. The largest absolute Gasteiger partial charge is 0.416 e. The monoisotopic (exact) mass is 434 g/mol. The predicted octanol–water partition coefficient (Wildman–Crippen LogP) is 5.07. The molecule has 0 saturated carbocycles. The van der Waals surface area contributed by atoms with Crippen molar-refractivity contribution in [1.29, 1.82) is 0 Å². The molecular formula is C21H17F3N2O3S. The van der Waals surface area contributed by atoms with Crippen molar-refractivity contribution in [2.45, 2.75) is 18.0 Å². The number of carbonyl (C=O) groups excluding carboxylic acids is 1. The van der Waals surface area contributed by atoms with Gasteiger partial charge in [-0.1, -0.05) is 29.8 Å². The number of anilines is 2. The third-order valence-corrected chi connectivity index (χ3v) is 5.61. The van der Waals surface area contributed by atoms with Gasteiger partial charge in [-0.3, -0.25) is 9.52 Å². The summed E-state index contributed by atoms with van der Waals surface area (Å²) in [5.41, 5.74) is 0.319. The quantitative estimate of drug-likeness (QED) is 0.589. The van der Waals surface area contributed by atoms with E-state index in [0.717, 1.165) is 29.8 Å². The number of halogens is 3. The summed E-state index contributed by atoms with van der Waals surface area (Å²) in [5, 5.41) is 2.52. The lowest BCUT2D eigenvalue weighted by Crippen LogP contribution is -2.17. The molecule has 3 aromatic rings. The molecule has 0 aliphatic rings. The summed E-state index contributed by atoms with van der Waals surface area (Å²) in [4.78, 5) is 12.5. The molecule has 0 atom stereocenters. The minimum Gasteiger partial charge on any atom is -0.320 e. The first-order valence-corrected chi connectivity index (χ1v) is 10.2. The Hall–Kier alpha value is -3.33. The Morgan fingerprint density at radius 1 is 0.833 bits per heavy atom. The zero-order valence-corrected chi connectivity index (χ0v) is 16.5. The van der Waals surface area contributed by atoms with Crippen LogP contribution in [-0.2, 0) is 16.2 Å². The Balaban J connectivity index is 1.81. The lowest BCUT2D eigenvalue weighted by Gasteiger charge is -2.14. The average molecular weight is 434 g/mol. The standard InChI is InChI=1S/C21H17F3N2O3S/c1-14-6-12-17(13-7-14)30(28,29)26-19-5-3-2-4-18(19)25-20(27)15-8-10-16(11-9-15)21(22,23)24/h2-13,26H,1H3,(H,25,27). The van der Waals surface area contributed by atoms with Gasteiger partial charge in [0.05, 0.1) is 21.8 Å². The van der Waals surface area contributed by atoms with Gasteiger partial charge in [-0.05, 0) is 55.5 Å². The number of hydrogen-bond acceptors (Lipinski definition) is 3. The van der Waals surface area contributed by atoms with Gasteiger partial charge in [0.15, 0.2) is 0 Å². The second-order valence-electron chi connectivity index (χ2n) is 6.49. The van der Waals surface area contributed by atoms with E-state index in [2.05, 4.69) is 10.0 Å². The van der Waals surface area contributed by atoms with Gasteiger partial charge >= 0.3 is 6.18 Å². The van der Waals surface area contributed by atoms with Crippen molar-refractivity contribution < 1.29 is 26.4 Å². The molecule has 0 aromatic heterocycles. The van der Waals surface area contributed by atoms with Crippen LogP contribution in [0.4, 0.5) is 24.5 Å². The third kappa shape index (κ3) is 4.98. The Labute approximate surface area is 171 Å². The van der Waals surface area contributed by atoms with Crippen molar-refractivity contribution in [3.63, 3.8) is 0 Å². The van der Waals surface area contributed by atoms with E-state index in [1.807, 2.05) is 6.92 Å². The fraction of sp³-hybridized carbons (Fsp3) is 0.0952. The van der Waals surface area contributed by atoms with Gasteiger partial charge < -0.3 is 5.32 Å². The van der Waals surface area contributed by atoms with Crippen molar-refractivity contribution in [1.82, 2.24) is 0 Å². The number of alkyl halides is 3. The molecule has 2 N–H and O–H groups in total. The first-order chi connectivity index (χ1) is 14.1. The van der Waals surface area contributed by atoms with Crippen LogP contribution >= 0.6 is 0 Å². The molecule has 0 aliphatic heterocycles. The fourth-order valence-corrected chi connectivity index (χ4v) is 3.69. The highest BCUT2D eigenvalue weighted by Crippen LogP contribution is 2.29. The first kappa shape index (κ1) is 21.4. The Kier molecular flexibility index (Phi) is 5.84. The minimum absolute atomic E-state index is 0.000746. The summed E-state index contributed by atoms with van der Waals surface area (Å²) in [7, 11) is -3.90. The van der Waals surface area contributed by atoms with Crippen LogP contribution in [0.2, 0.25) is 0 Å². The van der Waals surface area contributed by atoms with E-state index < -0.39 is 27.7 Å². The van der Waals surface area contributed by atoms with Crippen LogP contribution in [0.25, 0.3) is 0 Å². The van der Waals surface area contributed by atoms with Crippen molar-refractivity contribution in [3.05, 3.63) is 89.5 Å². The number of carbonyl (C=O) groups is 1. The summed E-state index contributed by atoms with van der Waals surface area (Å²) in [5.74, 6) is -0.675. The lowest BCUT2D eigenvalue weighted by atomic mass is 10.1. The molecule has 156 valence electrons. The molecule has 1 amide bonds. The highest BCUT2D eigenvalue weighted by atomic mass is 32.2. The lowest BCUT2D eigenvalue weighted by molar-refractivity contribution is -0.137. The Bertz CT molecular complexity index is 1160. The fourth-order valence-electron chi connectivity index (χ4n) is 2.61. The molecule has 0 bridgehead atoms. The summed E-state index contributed by atoms with van der Waals surface area (Å²) >= 11 is 0. The van der Waals surface area contributed by atoms with Crippen LogP contribution in [0.1, 0.15) is 21.5 Å². The van der Waals surface area contributed by atoms with Gasteiger partial charge in [0.1, 0.15) is 0 Å². The Morgan fingerprint density at radius 2 is 1.40 bits per heavy atom. The molecule has 0 saturated heterocycles. The zero-order chi connectivity index (χ0) is 21.9. The number of benzene rings is 3. The molecule has 0 radical (unpaired) electrons. The van der Waals surface area contributed by atoms with Gasteiger partial charge in [-0.25, -0.2) is 8.42 Å². The summed E-state index contributed by atoms with van der Waals surface area (Å²) in [6, 6.07) is 16.1. The molecule has 0 spiro atoms. The molecule has 0 aliphatic carbocycles. The number of sulfonamides is 1. The Morgan fingerprint density at radius 3 is 1.97 bits per heavy atom. The predicted molar refractivity (Wildman–Crippen MR) is 108 cm³/mol. The number of rotatable bonds is 5. The molecular weight excluding hydrogens is 417 g/mol. The average Bonchev–Trinajstić information content (AvgIpc) is 2.69. The second-order valence-corrected chi connectivity index (χ2v) is 8.18. The number of nitrogens with one attached hydrogen (secondary N) is 2. The third-order valence-electron chi connectivity index (χ3n) is 4.23. The van der Waals surface area contributed by atoms with Crippen molar-refractivity contribution in [2.24, 2.45) is 0 Å². The van der Waals surface area contributed by atoms with Gasteiger partial charge in [-0.2, -0.15) is 13.2 Å². The van der Waals surface area contributed by atoms with Crippen molar-refractivity contribution in [3.8, 4) is 0 Å². The van der Waals surface area contributed by atoms with E-state index in [4.69, 9.17) is 0 Å². The van der Waals surface area contributed by atoms with Crippen LogP contribution < -0.4 is 10.0 Å². The van der Waals surface area contributed by atoms with Gasteiger partial charge in [-0.15, -0.1) is 0 Å². The first-order valence-electron chi connectivity index (χ1n) is 8.73. The number of aryl methyl sites for hydroxylation is 1. The van der Waals surface area contributed by atoms with Gasteiger partial charge in [0, 0.05) is 5.56 Å². The molecule has 9 heteroatoms. The van der Waals surface area contributed by atoms with Crippen LogP contribution in [0.5, 0.6) is 0 Å². The maximum absolute atomic E-state index is 12.7. The van der Waals surface area contributed by atoms with Crippen LogP contribution in [0.15, 0.2) is 77.7 Å². The highest BCUT2D eigenvalue weighted by molar-refractivity contribution is 7.92. The maximum atomic E-state index is 12.7. The summed E-state index contributed by atoms with van der Waals surface area (Å²) < 4.78 is 65.7.